The van der Waals surface area contributed by atoms with Gasteiger partial charge in [0.2, 0.25) is 5.78 Å². The largest absolute Gasteiger partial charge is 0.497 e. The fourth-order valence-electron chi connectivity index (χ4n) is 2.96. The SMILES string of the molecule is COc1ccc(C(=O)c2cc(=NS(=O)(=O)c3ccccc3)c3ccccc3o2)cc1. The zero-order valence-corrected chi connectivity index (χ0v) is 16.8. The van der Waals surface area contributed by atoms with Gasteiger partial charge in [-0.05, 0) is 48.5 Å². The fourth-order valence-corrected chi connectivity index (χ4v) is 3.98. The predicted octanol–water partition coefficient (Wildman–Crippen LogP) is 3.96. The van der Waals surface area contributed by atoms with Crippen molar-refractivity contribution in [3.05, 3.63) is 102 Å². The van der Waals surface area contributed by atoms with E-state index >= 15 is 0 Å². The third-order valence-corrected chi connectivity index (χ3v) is 5.79. The van der Waals surface area contributed by atoms with E-state index in [0.29, 0.717) is 22.3 Å². The van der Waals surface area contributed by atoms with Crippen molar-refractivity contribution in [2.75, 3.05) is 7.11 Å². The summed E-state index contributed by atoms with van der Waals surface area (Å²) in [5.74, 6) is 0.212. The van der Waals surface area contributed by atoms with E-state index in [1.54, 1.807) is 66.7 Å². The number of sulfonamides is 1. The molecule has 1 heterocycles. The predicted molar refractivity (Wildman–Crippen MR) is 112 cm³/mol. The summed E-state index contributed by atoms with van der Waals surface area (Å²) in [5.41, 5.74) is 0.741. The molecule has 0 unspecified atom stereocenters. The van der Waals surface area contributed by atoms with Gasteiger partial charge in [-0.15, -0.1) is 0 Å². The third-order valence-electron chi connectivity index (χ3n) is 4.49. The monoisotopic (exact) mass is 419 g/mol. The highest BCUT2D eigenvalue weighted by Gasteiger charge is 2.16. The number of carbonyl (C=O) groups excluding carboxylic acids is 1. The molecule has 1 aromatic heterocycles. The van der Waals surface area contributed by atoms with Gasteiger partial charge in [-0.2, -0.15) is 12.8 Å². The molecule has 30 heavy (non-hydrogen) atoms. The minimum atomic E-state index is -3.97. The van der Waals surface area contributed by atoms with Crippen molar-refractivity contribution in [3.63, 3.8) is 0 Å². The first-order valence-electron chi connectivity index (χ1n) is 9.06. The highest BCUT2D eigenvalue weighted by atomic mass is 32.2. The lowest BCUT2D eigenvalue weighted by atomic mass is 10.1. The molecule has 0 radical (unpaired) electrons. The van der Waals surface area contributed by atoms with Crippen molar-refractivity contribution < 1.29 is 22.4 Å². The van der Waals surface area contributed by atoms with Gasteiger partial charge in [0.15, 0.2) is 5.76 Å². The first-order valence-corrected chi connectivity index (χ1v) is 10.5. The summed E-state index contributed by atoms with van der Waals surface area (Å²) in [7, 11) is -2.43. The quantitative estimate of drug-likeness (QED) is 0.457. The molecular weight excluding hydrogens is 402 g/mol. The molecule has 0 fully saturated rings. The third kappa shape index (κ3) is 3.88. The van der Waals surface area contributed by atoms with Crippen LogP contribution in [0.15, 0.2) is 98.6 Å². The van der Waals surface area contributed by atoms with Crippen molar-refractivity contribution in [1.82, 2.24) is 0 Å². The Hall–Kier alpha value is -3.71. The molecule has 0 spiro atoms. The maximum absolute atomic E-state index is 13.0. The second-order valence-electron chi connectivity index (χ2n) is 6.43. The number of hydrogen-bond acceptors (Lipinski definition) is 5. The Bertz CT molecular complexity index is 1390. The lowest BCUT2D eigenvalue weighted by Crippen LogP contribution is -2.12. The van der Waals surface area contributed by atoms with Crippen molar-refractivity contribution in [2.24, 2.45) is 4.40 Å². The number of fused-ring (bicyclic) bond motifs is 1. The smallest absolute Gasteiger partial charge is 0.282 e. The van der Waals surface area contributed by atoms with Gasteiger partial charge in [0, 0.05) is 17.0 Å². The molecule has 6 nitrogen and oxygen atoms in total. The summed E-state index contributed by atoms with van der Waals surface area (Å²) in [4.78, 5) is 13.0. The number of carbonyl (C=O) groups is 1. The Kier molecular flexibility index (Phi) is 5.20. The van der Waals surface area contributed by atoms with Gasteiger partial charge in [0.25, 0.3) is 10.0 Å². The fraction of sp³-hybridized carbons (Fsp3) is 0.0435. The van der Waals surface area contributed by atoms with Gasteiger partial charge in [-0.1, -0.05) is 30.3 Å². The minimum Gasteiger partial charge on any atom is -0.497 e. The average molecular weight is 419 g/mol. The lowest BCUT2D eigenvalue weighted by Gasteiger charge is -2.05. The molecule has 7 heteroatoms. The summed E-state index contributed by atoms with van der Waals surface area (Å²) in [6.07, 6.45) is 0. The molecule has 0 saturated carbocycles. The molecule has 0 aliphatic rings. The number of hydrogen-bond donors (Lipinski definition) is 0. The minimum absolute atomic E-state index is 0.0131. The van der Waals surface area contributed by atoms with E-state index < -0.39 is 15.8 Å². The number of ether oxygens (including phenoxy) is 1. The molecule has 0 N–H and O–H groups in total. The molecule has 0 bridgehead atoms. The van der Waals surface area contributed by atoms with Crippen LogP contribution in [0.3, 0.4) is 0 Å². The van der Waals surface area contributed by atoms with Crippen molar-refractivity contribution in [2.45, 2.75) is 4.90 Å². The van der Waals surface area contributed by atoms with E-state index in [0.717, 1.165) is 0 Å². The van der Waals surface area contributed by atoms with Crippen LogP contribution in [-0.4, -0.2) is 21.3 Å². The average Bonchev–Trinajstić information content (AvgIpc) is 2.79. The Morgan fingerprint density at radius 1 is 0.900 bits per heavy atom. The molecule has 3 aromatic carbocycles. The molecule has 150 valence electrons. The second-order valence-corrected chi connectivity index (χ2v) is 8.03. The zero-order chi connectivity index (χ0) is 21.1. The number of para-hydroxylation sites is 1. The highest BCUT2D eigenvalue weighted by molar-refractivity contribution is 7.90. The van der Waals surface area contributed by atoms with Gasteiger partial charge in [0.05, 0.1) is 17.4 Å². The summed E-state index contributed by atoms with van der Waals surface area (Å²) in [6, 6.07) is 22.7. The second kappa shape index (κ2) is 7.96. The van der Waals surface area contributed by atoms with Crippen LogP contribution in [0.4, 0.5) is 0 Å². The van der Waals surface area contributed by atoms with Crippen LogP contribution in [0.25, 0.3) is 11.0 Å². The summed E-state index contributed by atoms with van der Waals surface area (Å²) < 4.78 is 40.4. The van der Waals surface area contributed by atoms with E-state index in [-0.39, 0.29) is 16.0 Å². The van der Waals surface area contributed by atoms with Crippen LogP contribution in [0.2, 0.25) is 0 Å². The van der Waals surface area contributed by atoms with Crippen LogP contribution in [0.1, 0.15) is 16.1 Å². The van der Waals surface area contributed by atoms with E-state index in [9.17, 15) is 13.2 Å². The van der Waals surface area contributed by atoms with Crippen LogP contribution in [-0.2, 0) is 10.0 Å². The van der Waals surface area contributed by atoms with Crippen molar-refractivity contribution in [1.29, 1.82) is 0 Å². The number of nitrogens with zero attached hydrogens (tertiary/aromatic N) is 1. The van der Waals surface area contributed by atoms with Crippen LogP contribution in [0, 0.1) is 0 Å². The standard InChI is InChI=1S/C23H17NO5S/c1-28-17-13-11-16(12-14-17)23(25)22-15-20(19-9-5-6-10-21(19)29-22)24-30(26,27)18-7-3-2-4-8-18/h2-15H,1H3. The topological polar surface area (TPSA) is 85.9 Å². The van der Waals surface area contributed by atoms with Crippen molar-refractivity contribution in [3.8, 4) is 5.75 Å². The summed E-state index contributed by atoms with van der Waals surface area (Å²) in [6.45, 7) is 0. The zero-order valence-electron chi connectivity index (χ0n) is 16.0. The molecular formula is C23H17NO5S. The van der Waals surface area contributed by atoms with E-state index in [1.807, 2.05) is 0 Å². The van der Waals surface area contributed by atoms with Crippen molar-refractivity contribution >= 4 is 26.8 Å². The maximum Gasteiger partial charge on any atom is 0.282 e. The first-order chi connectivity index (χ1) is 14.5. The van der Waals surface area contributed by atoms with Crippen LogP contribution >= 0.6 is 0 Å². The lowest BCUT2D eigenvalue weighted by molar-refractivity contribution is 0.101. The number of methoxy groups -OCH3 is 1. The Labute approximate surface area is 173 Å². The molecule has 4 rings (SSSR count). The molecule has 0 aliphatic heterocycles. The van der Waals surface area contributed by atoms with E-state index in [4.69, 9.17) is 9.15 Å². The normalized spacial score (nSPS) is 12.1. The molecule has 0 amide bonds. The van der Waals surface area contributed by atoms with E-state index in [2.05, 4.69) is 4.40 Å². The van der Waals surface area contributed by atoms with Gasteiger partial charge < -0.3 is 9.15 Å². The maximum atomic E-state index is 13.0. The van der Waals surface area contributed by atoms with Gasteiger partial charge in [0.1, 0.15) is 11.3 Å². The Morgan fingerprint density at radius 3 is 2.27 bits per heavy atom. The van der Waals surface area contributed by atoms with Gasteiger partial charge in [-0.3, -0.25) is 4.79 Å². The Balaban J connectivity index is 1.89. The number of rotatable bonds is 5. The van der Waals surface area contributed by atoms with E-state index in [1.165, 1.54) is 25.3 Å². The molecule has 0 saturated heterocycles. The highest BCUT2D eigenvalue weighted by Crippen LogP contribution is 2.18. The van der Waals surface area contributed by atoms with Gasteiger partial charge >= 0.3 is 0 Å². The summed E-state index contributed by atoms with van der Waals surface area (Å²) in [5, 5.41) is 0.626. The molecule has 4 aromatic rings. The Morgan fingerprint density at radius 2 is 1.57 bits per heavy atom. The number of ketones is 1. The number of benzene rings is 3. The molecule has 0 aliphatic carbocycles. The van der Waals surface area contributed by atoms with Crippen LogP contribution in [0.5, 0.6) is 5.75 Å². The molecule has 0 atom stereocenters. The van der Waals surface area contributed by atoms with Crippen LogP contribution < -0.4 is 10.1 Å². The first kappa shape index (κ1) is 19.6. The summed E-state index contributed by atoms with van der Waals surface area (Å²) >= 11 is 0. The van der Waals surface area contributed by atoms with Gasteiger partial charge in [-0.25, -0.2) is 0 Å².